The summed E-state index contributed by atoms with van der Waals surface area (Å²) in [6.07, 6.45) is 4.33. The van der Waals surface area contributed by atoms with Crippen LogP contribution in [0.3, 0.4) is 0 Å². The van der Waals surface area contributed by atoms with Gasteiger partial charge >= 0.3 is 0 Å². The minimum Gasteiger partial charge on any atom is -0.330 e. The van der Waals surface area contributed by atoms with Gasteiger partial charge in [0.25, 0.3) is 0 Å². The molecule has 0 saturated heterocycles. The fourth-order valence-electron chi connectivity index (χ4n) is 1.81. The maximum Gasteiger partial charge on any atom is 0.0480 e. The third kappa shape index (κ3) is 1.55. The Kier molecular flexibility index (Phi) is 2.31. The number of nitrogens with zero attached hydrogens (tertiary/aromatic N) is 1. The van der Waals surface area contributed by atoms with E-state index >= 15 is 0 Å². The Morgan fingerprint density at radius 3 is 2.71 bits per heavy atom. The van der Waals surface area contributed by atoms with Crippen LogP contribution >= 0.6 is 0 Å². The summed E-state index contributed by atoms with van der Waals surface area (Å²) in [4.78, 5) is 4.45. The molecule has 14 heavy (non-hydrogen) atoms. The zero-order valence-electron chi connectivity index (χ0n) is 8.96. The van der Waals surface area contributed by atoms with Gasteiger partial charge in [-0.25, -0.2) is 0 Å². The van der Waals surface area contributed by atoms with Crippen LogP contribution < -0.4 is 5.73 Å². The molecule has 1 aliphatic rings. The summed E-state index contributed by atoms with van der Waals surface area (Å²) in [7, 11) is 0. The van der Waals surface area contributed by atoms with E-state index in [1.807, 2.05) is 6.20 Å². The maximum atomic E-state index is 5.79. The highest BCUT2D eigenvalue weighted by atomic mass is 14.8. The van der Waals surface area contributed by atoms with Crippen molar-refractivity contribution in [1.29, 1.82) is 0 Å². The molecule has 0 radical (unpaired) electrons. The lowest BCUT2D eigenvalue weighted by atomic mass is 9.97. The smallest absolute Gasteiger partial charge is 0.0480 e. The highest BCUT2D eigenvalue weighted by Crippen LogP contribution is 2.46. The first-order valence-electron chi connectivity index (χ1n) is 5.34. The summed E-state index contributed by atoms with van der Waals surface area (Å²) >= 11 is 0. The number of pyridine rings is 1. The highest BCUT2D eigenvalue weighted by molar-refractivity contribution is 5.30. The third-order valence-corrected chi connectivity index (χ3v) is 3.24. The van der Waals surface area contributed by atoms with Crippen molar-refractivity contribution in [3.8, 4) is 0 Å². The SMILES string of the molecule is CC(C)c1ccnc(C2(CN)CC2)c1. The molecule has 2 nitrogen and oxygen atoms in total. The number of aromatic nitrogens is 1. The number of hydrogen-bond donors (Lipinski definition) is 1. The van der Waals surface area contributed by atoms with Crippen LogP contribution in [0.1, 0.15) is 43.9 Å². The minimum absolute atomic E-state index is 0.227. The van der Waals surface area contributed by atoms with E-state index in [4.69, 9.17) is 5.73 Å². The van der Waals surface area contributed by atoms with Gasteiger partial charge in [-0.15, -0.1) is 0 Å². The third-order valence-electron chi connectivity index (χ3n) is 3.24. The Morgan fingerprint density at radius 2 is 2.21 bits per heavy atom. The Hall–Kier alpha value is -0.890. The van der Waals surface area contributed by atoms with Gasteiger partial charge in [-0.05, 0) is 36.5 Å². The molecule has 0 unspecified atom stereocenters. The van der Waals surface area contributed by atoms with E-state index in [2.05, 4.69) is 31.0 Å². The van der Waals surface area contributed by atoms with E-state index in [0.29, 0.717) is 5.92 Å². The van der Waals surface area contributed by atoms with Crippen molar-refractivity contribution in [2.45, 2.75) is 38.0 Å². The summed E-state index contributed by atoms with van der Waals surface area (Å²) in [6, 6.07) is 4.32. The first-order chi connectivity index (χ1) is 6.68. The zero-order valence-corrected chi connectivity index (χ0v) is 8.96. The average molecular weight is 190 g/mol. The van der Waals surface area contributed by atoms with Crippen molar-refractivity contribution in [3.63, 3.8) is 0 Å². The van der Waals surface area contributed by atoms with Gasteiger partial charge in [0.1, 0.15) is 0 Å². The fraction of sp³-hybridized carbons (Fsp3) is 0.583. The molecule has 2 rings (SSSR count). The molecule has 0 aliphatic heterocycles. The van der Waals surface area contributed by atoms with E-state index in [9.17, 15) is 0 Å². The van der Waals surface area contributed by atoms with Gasteiger partial charge in [-0.1, -0.05) is 13.8 Å². The molecule has 0 aromatic carbocycles. The van der Waals surface area contributed by atoms with E-state index in [1.54, 1.807) is 0 Å². The summed E-state index contributed by atoms with van der Waals surface area (Å²) in [5.41, 5.74) is 8.58. The number of nitrogens with two attached hydrogens (primary N) is 1. The van der Waals surface area contributed by atoms with Crippen molar-refractivity contribution >= 4 is 0 Å². The molecule has 1 aromatic heterocycles. The molecule has 0 spiro atoms. The Balaban J connectivity index is 2.31. The molecule has 1 aromatic rings. The molecule has 2 heteroatoms. The lowest BCUT2D eigenvalue weighted by Crippen LogP contribution is -2.21. The fourth-order valence-corrected chi connectivity index (χ4v) is 1.81. The van der Waals surface area contributed by atoms with Crippen LogP contribution in [-0.2, 0) is 5.41 Å². The second-order valence-corrected chi connectivity index (χ2v) is 4.61. The predicted molar refractivity (Wildman–Crippen MR) is 58.3 cm³/mol. The van der Waals surface area contributed by atoms with Crippen LogP contribution in [0.4, 0.5) is 0 Å². The predicted octanol–water partition coefficient (Wildman–Crippen LogP) is 2.20. The summed E-state index contributed by atoms with van der Waals surface area (Å²) in [6.45, 7) is 5.16. The van der Waals surface area contributed by atoms with Crippen molar-refractivity contribution in [3.05, 3.63) is 29.6 Å². The van der Waals surface area contributed by atoms with Crippen molar-refractivity contribution < 1.29 is 0 Å². The molecule has 76 valence electrons. The van der Waals surface area contributed by atoms with E-state index in [1.165, 1.54) is 24.1 Å². The molecular formula is C12H18N2. The second kappa shape index (κ2) is 3.35. The maximum absolute atomic E-state index is 5.79. The Morgan fingerprint density at radius 1 is 1.50 bits per heavy atom. The molecule has 2 N–H and O–H groups in total. The van der Waals surface area contributed by atoms with Gasteiger partial charge in [-0.3, -0.25) is 4.98 Å². The standard InChI is InChI=1S/C12H18N2/c1-9(2)10-3-6-14-11(7-10)12(8-13)4-5-12/h3,6-7,9H,4-5,8,13H2,1-2H3. The van der Waals surface area contributed by atoms with Gasteiger partial charge in [0.15, 0.2) is 0 Å². The first-order valence-corrected chi connectivity index (χ1v) is 5.34. The molecule has 0 atom stereocenters. The largest absolute Gasteiger partial charge is 0.330 e. The molecule has 1 fully saturated rings. The number of hydrogen-bond acceptors (Lipinski definition) is 2. The van der Waals surface area contributed by atoms with E-state index in [-0.39, 0.29) is 5.41 Å². The Labute approximate surface area is 85.5 Å². The lowest BCUT2D eigenvalue weighted by molar-refractivity contribution is 0.674. The average Bonchev–Trinajstić information content (AvgIpc) is 2.98. The van der Waals surface area contributed by atoms with Crippen LogP contribution in [-0.4, -0.2) is 11.5 Å². The van der Waals surface area contributed by atoms with E-state index in [0.717, 1.165) is 6.54 Å². The normalized spacial score (nSPS) is 18.6. The number of rotatable bonds is 3. The second-order valence-electron chi connectivity index (χ2n) is 4.61. The van der Waals surface area contributed by atoms with Crippen molar-refractivity contribution in [2.75, 3.05) is 6.54 Å². The van der Waals surface area contributed by atoms with Gasteiger partial charge in [-0.2, -0.15) is 0 Å². The van der Waals surface area contributed by atoms with Crippen LogP contribution in [0, 0.1) is 0 Å². The summed E-state index contributed by atoms with van der Waals surface area (Å²) < 4.78 is 0. The minimum atomic E-state index is 0.227. The van der Waals surface area contributed by atoms with E-state index < -0.39 is 0 Å². The summed E-state index contributed by atoms with van der Waals surface area (Å²) in [5.74, 6) is 0.574. The molecule has 1 aliphatic carbocycles. The monoisotopic (exact) mass is 190 g/mol. The lowest BCUT2D eigenvalue weighted by Gasteiger charge is -2.13. The van der Waals surface area contributed by atoms with Gasteiger partial charge < -0.3 is 5.73 Å². The Bertz CT molecular complexity index is 327. The van der Waals surface area contributed by atoms with Gasteiger partial charge in [0, 0.05) is 23.9 Å². The van der Waals surface area contributed by atoms with Crippen LogP contribution in [0.15, 0.2) is 18.3 Å². The first kappa shape index (κ1) is 9.66. The molecule has 0 amide bonds. The highest BCUT2D eigenvalue weighted by Gasteiger charge is 2.44. The molecule has 0 bridgehead atoms. The molecule has 1 heterocycles. The van der Waals surface area contributed by atoms with Crippen molar-refractivity contribution in [1.82, 2.24) is 4.98 Å². The van der Waals surface area contributed by atoms with Gasteiger partial charge in [0.2, 0.25) is 0 Å². The van der Waals surface area contributed by atoms with Crippen LogP contribution in [0.5, 0.6) is 0 Å². The van der Waals surface area contributed by atoms with Crippen molar-refractivity contribution in [2.24, 2.45) is 5.73 Å². The zero-order chi connectivity index (χ0) is 10.2. The topological polar surface area (TPSA) is 38.9 Å². The quantitative estimate of drug-likeness (QED) is 0.793. The molecular weight excluding hydrogens is 172 g/mol. The van der Waals surface area contributed by atoms with Crippen LogP contribution in [0.25, 0.3) is 0 Å². The summed E-state index contributed by atoms with van der Waals surface area (Å²) in [5, 5.41) is 0. The van der Waals surface area contributed by atoms with Crippen LogP contribution in [0.2, 0.25) is 0 Å². The van der Waals surface area contributed by atoms with Gasteiger partial charge in [0.05, 0.1) is 0 Å². The molecule has 1 saturated carbocycles.